The zero-order chi connectivity index (χ0) is 16.9. The highest BCUT2D eigenvalue weighted by Crippen LogP contribution is 2.62. The molecule has 1 saturated heterocycles. The first-order chi connectivity index (χ1) is 12.3. The van der Waals surface area contributed by atoms with Gasteiger partial charge in [-0.1, -0.05) is 24.6 Å². The van der Waals surface area contributed by atoms with Gasteiger partial charge in [-0.15, -0.1) is 0 Å². The third-order valence-corrected chi connectivity index (χ3v) is 6.59. The topological polar surface area (TPSA) is 66.2 Å². The maximum atomic E-state index is 12.4. The number of aromatic amines is 1. The molecule has 5 heteroatoms. The number of amides is 2. The Bertz CT molecular complexity index is 762. The highest BCUT2D eigenvalue weighted by atomic mass is 16.5. The fourth-order valence-corrected chi connectivity index (χ4v) is 5.23. The summed E-state index contributed by atoms with van der Waals surface area (Å²) in [6.45, 7) is 1.50. The Hall–Kier alpha value is -2.01. The number of hydrogen-bond acceptors (Lipinski definition) is 2. The van der Waals surface area contributed by atoms with E-state index in [1.807, 2.05) is 12.1 Å². The summed E-state index contributed by atoms with van der Waals surface area (Å²) < 4.78 is 5.91. The van der Waals surface area contributed by atoms with Crippen molar-refractivity contribution in [3.63, 3.8) is 0 Å². The molecule has 2 amide bonds. The van der Waals surface area contributed by atoms with Gasteiger partial charge in [-0.05, 0) is 36.8 Å². The van der Waals surface area contributed by atoms with E-state index >= 15 is 0 Å². The fraction of sp³-hybridized carbons (Fsp3) is 0.550. The van der Waals surface area contributed by atoms with E-state index in [0.29, 0.717) is 24.6 Å². The van der Waals surface area contributed by atoms with Crippen LogP contribution in [-0.4, -0.2) is 36.3 Å². The molecular weight excluding hydrogens is 314 g/mol. The van der Waals surface area contributed by atoms with Crippen LogP contribution < -0.4 is 10.6 Å². The molecule has 5 rings (SSSR count). The van der Waals surface area contributed by atoms with Gasteiger partial charge in [-0.3, -0.25) is 0 Å². The molecule has 132 valence electrons. The van der Waals surface area contributed by atoms with Crippen molar-refractivity contribution >= 4 is 16.9 Å². The average Bonchev–Trinajstić information content (AvgIpc) is 3.16. The van der Waals surface area contributed by atoms with Crippen LogP contribution in [0.4, 0.5) is 4.79 Å². The predicted molar refractivity (Wildman–Crippen MR) is 96.5 cm³/mol. The van der Waals surface area contributed by atoms with Gasteiger partial charge in [0.2, 0.25) is 0 Å². The maximum Gasteiger partial charge on any atom is 0.315 e. The quantitative estimate of drug-likeness (QED) is 0.802. The van der Waals surface area contributed by atoms with Crippen LogP contribution in [0.3, 0.4) is 0 Å². The van der Waals surface area contributed by atoms with Gasteiger partial charge < -0.3 is 20.4 Å². The lowest BCUT2D eigenvalue weighted by atomic mass is 9.46. The number of hydrogen-bond donors (Lipinski definition) is 3. The number of carbonyl (C=O) groups is 1. The maximum absolute atomic E-state index is 12.4. The summed E-state index contributed by atoms with van der Waals surface area (Å²) in [5.74, 6) is 0.528. The predicted octanol–water partition coefficient (Wildman–Crippen LogP) is 2.97. The van der Waals surface area contributed by atoms with Crippen molar-refractivity contribution in [1.82, 2.24) is 15.6 Å². The number of ether oxygens (including phenoxy) is 1. The Morgan fingerprint density at radius 2 is 2.20 bits per heavy atom. The van der Waals surface area contributed by atoms with Crippen LogP contribution in [0.15, 0.2) is 30.3 Å². The van der Waals surface area contributed by atoms with Gasteiger partial charge in [0.1, 0.15) is 0 Å². The number of rotatable bonds is 4. The Morgan fingerprint density at radius 1 is 1.32 bits per heavy atom. The van der Waals surface area contributed by atoms with E-state index in [4.69, 9.17) is 4.74 Å². The molecule has 0 unspecified atom stereocenters. The molecule has 0 radical (unpaired) electrons. The van der Waals surface area contributed by atoms with Crippen molar-refractivity contribution in [2.24, 2.45) is 11.3 Å². The van der Waals surface area contributed by atoms with Gasteiger partial charge in [0.25, 0.3) is 0 Å². The normalized spacial score (nSPS) is 29.0. The average molecular weight is 339 g/mol. The smallest absolute Gasteiger partial charge is 0.315 e. The van der Waals surface area contributed by atoms with E-state index in [-0.39, 0.29) is 11.4 Å². The first-order valence-corrected chi connectivity index (χ1v) is 9.49. The number of para-hydroxylation sites is 1. The molecule has 3 fully saturated rings. The van der Waals surface area contributed by atoms with Crippen LogP contribution in [0.2, 0.25) is 0 Å². The Labute approximate surface area is 147 Å². The van der Waals surface area contributed by atoms with Gasteiger partial charge >= 0.3 is 6.03 Å². The van der Waals surface area contributed by atoms with Crippen molar-refractivity contribution < 1.29 is 9.53 Å². The summed E-state index contributed by atoms with van der Waals surface area (Å²) in [6, 6.07) is 10.7. The largest absolute Gasteiger partial charge is 0.377 e. The van der Waals surface area contributed by atoms with Gasteiger partial charge in [0, 0.05) is 48.2 Å². The summed E-state index contributed by atoms with van der Waals surface area (Å²) in [5, 5.41) is 7.50. The first kappa shape index (κ1) is 15.3. The van der Waals surface area contributed by atoms with Gasteiger partial charge in [-0.25, -0.2) is 4.79 Å². The lowest BCUT2D eigenvalue weighted by Gasteiger charge is -2.63. The number of H-pyrrole nitrogens is 1. The Kier molecular flexibility index (Phi) is 3.52. The molecule has 1 spiro atoms. The number of nitrogens with one attached hydrogen (secondary N) is 3. The van der Waals surface area contributed by atoms with Crippen LogP contribution in [0.5, 0.6) is 0 Å². The Morgan fingerprint density at radius 3 is 3.00 bits per heavy atom. The van der Waals surface area contributed by atoms with Crippen LogP contribution in [0.25, 0.3) is 10.9 Å². The lowest BCUT2D eigenvalue weighted by molar-refractivity contribution is -0.172. The van der Waals surface area contributed by atoms with Crippen molar-refractivity contribution in [3.8, 4) is 0 Å². The minimum Gasteiger partial charge on any atom is -0.377 e. The second kappa shape index (κ2) is 5.77. The van der Waals surface area contributed by atoms with Crippen molar-refractivity contribution in [3.05, 3.63) is 36.0 Å². The zero-order valence-electron chi connectivity index (χ0n) is 14.4. The molecule has 3 N–H and O–H groups in total. The summed E-state index contributed by atoms with van der Waals surface area (Å²) in [6.07, 6.45) is 5.98. The molecule has 3 aliphatic rings. The van der Waals surface area contributed by atoms with E-state index in [9.17, 15) is 4.79 Å². The van der Waals surface area contributed by atoms with Crippen LogP contribution in [-0.2, 0) is 11.2 Å². The first-order valence-electron chi connectivity index (χ1n) is 9.49. The van der Waals surface area contributed by atoms with Crippen LogP contribution in [0.1, 0.15) is 31.4 Å². The number of benzene rings is 1. The molecule has 3 atom stereocenters. The molecule has 1 aromatic carbocycles. The molecule has 2 heterocycles. The van der Waals surface area contributed by atoms with Crippen molar-refractivity contribution in [2.45, 2.75) is 44.2 Å². The second-order valence-corrected chi connectivity index (χ2v) is 7.84. The zero-order valence-corrected chi connectivity index (χ0v) is 14.4. The molecule has 1 aromatic heterocycles. The van der Waals surface area contributed by atoms with E-state index < -0.39 is 0 Å². The Balaban J connectivity index is 1.15. The van der Waals surface area contributed by atoms with Gasteiger partial charge in [0.05, 0.1) is 6.10 Å². The highest BCUT2D eigenvalue weighted by molar-refractivity contribution is 5.80. The van der Waals surface area contributed by atoms with Crippen LogP contribution >= 0.6 is 0 Å². The third kappa shape index (κ3) is 2.36. The molecule has 5 nitrogen and oxygen atoms in total. The molecule has 2 aromatic rings. The van der Waals surface area contributed by atoms with Crippen LogP contribution in [0, 0.1) is 11.3 Å². The van der Waals surface area contributed by atoms with Crippen molar-refractivity contribution in [2.75, 3.05) is 13.2 Å². The fourth-order valence-electron chi connectivity index (χ4n) is 5.23. The number of fused-ring (bicyclic) bond motifs is 3. The number of urea groups is 1. The SMILES string of the molecule is O=C(NCCc1cc2ccccc2[nH]1)N[C@@H]1[C@H]2CCO[C@H]2C12CCC2. The third-order valence-electron chi connectivity index (χ3n) is 6.59. The van der Waals surface area contributed by atoms with E-state index in [2.05, 4.69) is 33.8 Å². The van der Waals surface area contributed by atoms with Gasteiger partial charge in [0.15, 0.2) is 0 Å². The monoisotopic (exact) mass is 339 g/mol. The number of carbonyl (C=O) groups excluding carboxylic acids is 1. The minimum atomic E-state index is -0.0299. The summed E-state index contributed by atoms with van der Waals surface area (Å²) in [4.78, 5) is 15.8. The van der Waals surface area contributed by atoms with E-state index in [1.54, 1.807) is 0 Å². The second-order valence-electron chi connectivity index (χ2n) is 7.84. The minimum absolute atomic E-state index is 0.0299. The highest BCUT2D eigenvalue weighted by Gasteiger charge is 2.66. The lowest BCUT2D eigenvalue weighted by Crippen LogP contribution is -2.72. The molecule has 2 saturated carbocycles. The molecule has 0 bridgehead atoms. The van der Waals surface area contributed by atoms with E-state index in [1.165, 1.54) is 24.6 Å². The number of aromatic nitrogens is 1. The summed E-state index contributed by atoms with van der Waals surface area (Å²) >= 11 is 0. The molecule has 1 aliphatic heterocycles. The van der Waals surface area contributed by atoms with E-state index in [0.717, 1.165) is 30.7 Å². The van der Waals surface area contributed by atoms with Gasteiger partial charge in [-0.2, -0.15) is 0 Å². The summed E-state index contributed by atoms with van der Waals surface area (Å²) in [5.41, 5.74) is 2.55. The molecule has 25 heavy (non-hydrogen) atoms. The molecule has 2 aliphatic carbocycles. The van der Waals surface area contributed by atoms with Crippen molar-refractivity contribution in [1.29, 1.82) is 0 Å². The standard InChI is InChI=1S/C20H25N3O2/c24-19(21-10-6-14-12-13-4-1-2-5-16(13)22-14)23-17-15-7-11-25-18(15)20(17)8-3-9-20/h1-2,4-5,12,15,17-18,22H,3,6-11H2,(H2,21,23,24)/t15-,17-,18-/m1/s1. The summed E-state index contributed by atoms with van der Waals surface area (Å²) in [7, 11) is 0. The molecular formula is C20H25N3O2.